The second-order valence-corrected chi connectivity index (χ2v) is 7.67. The molecule has 6 nitrogen and oxygen atoms in total. The van der Waals surface area contributed by atoms with Crippen molar-refractivity contribution in [1.82, 2.24) is 20.4 Å². The number of hydrogen-bond donors (Lipinski definition) is 2. The van der Waals surface area contributed by atoms with Crippen LogP contribution in [-0.4, -0.2) is 29.4 Å². The Bertz CT molecular complexity index is 963. The highest BCUT2D eigenvalue weighted by Crippen LogP contribution is 2.30. The Kier molecular flexibility index (Phi) is 6.65. The topological polar surface area (TPSA) is 63.5 Å². The smallest absolute Gasteiger partial charge is 0.191 e. The SMILES string of the molecule is CN=C(NCc1cccc(Cn2cccn2)c1)NCc1ccccc1OCC1CC1. The monoisotopic (exact) mass is 403 g/mol. The van der Waals surface area contributed by atoms with E-state index >= 15 is 0 Å². The first-order valence-corrected chi connectivity index (χ1v) is 10.5. The second-order valence-electron chi connectivity index (χ2n) is 7.67. The highest BCUT2D eigenvalue weighted by Gasteiger charge is 2.22. The molecular weight excluding hydrogens is 374 g/mol. The van der Waals surface area contributed by atoms with Crippen molar-refractivity contribution >= 4 is 5.96 Å². The molecule has 2 aromatic carbocycles. The highest BCUT2D eigenvalue weighted by atomic mass is 16.5. The maximum atomic E-state index is 6.01. The summed E-state index contributed by atoms with van der Waals surface area (Å²) in [5.41, 5.74) is 3.57. The van der Waals surface area contributed by atoms with Crippen molar-refractivity contribution in [2.24, 2.45) is 10.9 Å². The van der Waals surface area contributed by atoms with Gasteiger partial charge in [-0.25, -0.2) is 0 Å². The molecule has 156 valence electrons. The largest absolute Gasteiger partial charge is 0.493 e. The average Bonchev–Trinajstić information content (AvgIpc) is 3.47. The molecule has 1 saturated carbocycles. The first kappa shape index (κ1) is 20.0. The lowest BCUT2D eigenvalue weighted by Gasteiger charge is -2.15. The van der Waals surface area contributed by atoms with Crippen LogP contribution in [0.2, 0.25) is 0 Å². The average molecular weight is 404 g/mol. The maximum absolute atomic E-state index is 6.01. The molecule has 0 amide bonds. The van der Waals surface area contributed by atoms with Crippen LogP contribution < -0.4 is 15.4 Å². The van der Waals surface area contributed by atoms with Crippen LogP contribution in [0, 0.1) is 5.92 Å². The number of nitrogens with zero attached hydrogens (tertiary/aromatic N) is 3. The molecule has 1 aromatic heterocycles. The van der Waals surface area contributed by atoms with Gasteiger partial charge in [0, 0.05) is 38.1 Å². The predicted molar refractivity (Wildman–Crippen MR) is 119 cm³/mol. The van der Waals surface area contributed by atoms with Crippen molar-refractivity contribution in [2.75, 3.05) is 13.7 Å². The number of aromatic nitrogens is 2. The van der Waals surface area contributed by atoms with Gasteiger partial charge in [-0.3, -0.25) is 9.67 Å². The Balaban J connectivity index is 1.29. The number of guanidine groups is 1. The summed E-state index contributed by atoms with van der Waals surface area (Å²) in [5, 5.41) is 11.1. The summed E-state index contributed by atoms with van der Waals surface area (Å²) in [5.74, 6) is 2.47. The summed E-state index contributed by atoms with van der Waals surface area (Å²) in [6, 6.07) is 18.7. The van der Waals surface area contributed by atoms with Gasteiger partial charge in [-0.05, 0) is 42.0 Å². The molecule has 2 N–H and O–H groups in total. The normalized spacial score (nSPS) is 13.8. The number of aliphatic imine (C=N–C) groups is 1. The summed E-state index contributed by atoms with van der Waals surface area (Å²) in [4.78, 5) is 4.35. The van der Waals surface area contributed by atoms with Crippen LogP contribution in [0.25, 0.3) is 0 Å². The number of hydrogen-bond acceptors (Lipinski definition) is 3. The first-order valence-electron chi connectivity index (χ1n) is 10.5. The van der Waals surface area contributed by atoms with E-state index in [1.165, 1.54) is 24.0 Å². The lowest BCUT2D eigenvalue weighted by molar-refractivity contribution is 0.296. The summed E-state index contributed by atoms with van der Waals surface area (Å²) < 4.78 is 7.93. The molecule has 1 fully saturated rings. The van der Waals surface area contributed by atoms with E-state index in [4.69, 9.17) is 4.74 Å². The Morgan fingerprint density at radius 2 is 1.90 bits per heavy atom. The number of nitrogens with one attached hydrogen (secondary N) is 2. The minimum Gasteiger partial charge on any atom is -0.493 e. The molecule has 30 heavy (non-hydrogen) atoms. The summed E-state index contributed by atoms with van der Waals surface area (Å²) in [7, 11) is 1.79. The van der Waals surface area contributed by atoms with Gasteiger partial charge in [0.15, 0.2) is 5.96 Å². The van der Waals surface area contributed by atoms with E-state index in [1.54, 1.807) is 13.2 Å². The summed E-state index contributed by atoms with van der Waals surface area (Å²) >= 11 is 0. The third-order valence-electron chi connectivity index (χ3n) is 5.17. The fourth-order valence-electron chi connectivity index (χ4n) is 3.29. The highest BCUT2D eigenvalue weighted by molar-refractivity contribution is 5.79. The zero-order valence-electron chi connectivity index (χ0n) is 17.4. The van der Waals surface area contributed by atoms with Crippen LogP contribution in [0.3, 0.4) is 0 Å². The molecule has 0 aliphatic heterocycles. The maximum Gasteiger partial charge on any atom is 0.191 e. The lowest BCUT2D eigenvalue weighted by atomic mass is 10.1. The van der Waals surface area contributed by atoms with Gasteiger partial charge in [-0.1, -0.05) is 42.5 Å². The summed E-state index contributed by atoms with van der Waals surface area (Å²) in [6.45, 7) is 2.95. The van der Waals surface area contributed by atoms with Crippen LogP contribution in [0.5, 0.6) is 5.75 Å². The standard InChI is InChI=1S/C24H29N5O/c1-25-24(27-16-22-8-2-3-9-23(22)30-18-19-10-11-19)26-15-20-6-4-7-21(14-20)17-29-13-5-12-28-29/h2-9,12-14,19H,10-11,15-18H2,1H3,(H2,25,26,27). The molecule has 1 aliphatic carbocycles. The number of ether oxygens (including phenoxy) is 1. The molecule has 0 radical (unpaired) electrons. The van der Waals surface area contributed by atoms with Crippen molar-refractivity contribution < 1.29 is 4.74 Å². The number of benzene rings is 2. The van der Waals surface area contributed by atoms with Gasteiger partial charge in [0.25, 0.3) is 0 Å². The van der Waals surface area contributed by atoms with Crippen LogP contribution in [0.15, 0.2) is 72.0 Å². The molecule has 0 atom stereocenters. The molecule has 0 saturated heterocycles. The molecular formula is C24H29N5O. The van der Waals surface area contributed by atoms with Gasteiger partial charge in [0.2, 0.25) is 0 Å². The second kappa shape index (κ2) is 9.96. The van der Waals surface area contributed by atoms with Crippen LogP contribution in [0.1, 0.15) is 29.5 Å². The van der Waals surface area contributed by atoms with E-state index in [2.05, 4.69) is 51.1 Å². The molecule has 0 spiro atoms. The number of para-hydroxylation sites is 1. The van der Waals surface area contributed by atoms with Crippen molar-refractivity contribution in [3.05, 3.63) is 83.7 Å². The van der Waals surface area contributed by atoms with Crippen molar-refractivity contribution in [3.8, 4) is 5.75 Å². The van der Waals surface area contributed by atoms with E-state index in [1.807, 2.05) is 35.1 Å². The molecule has 0 unspecified atom stereocenters. The van der Waals surface area contributed by atoms with E-state index in [0.29, 0.717) is 13.1 Å². The van der Waals surface area contributed by atoms with Gasteiger partial charge < -0.3 is 15.4 Å². The minimum atomic E-state index is 0.667. The zero-order valence-corrected chi connectivity index (χ0v) is 17.4. The first-order chi connectivity index (χ1) is 14.8. The fourth-order valence-corrected chi connectivity index (χ4v) is 3.29. The van der Waals surface area contributed by atoms with E-state index in [0.717, 1.165) is 36.3 Å². The van der Waals surface area contributed by atoms with Crippen molar-refractivity contribution in [3.63, 3.8) is 0 Å². The van der Waals surface area contributed by atoms with Gasteiger partial charge in [-0.15, -0.1) is 0 Å². The van der Waals surface area contributed by atoms with Crippen LogP contribution in [-0.2, 0) is 19.6 Å². The van der Waals surface area contributed by atoms with Gasteiger partial charge in [0.05, 0.1) is 13.2 Å². The van der Waals surface area contributed by atoms with Crippen LogP contribution in [0.4, 0.5) is 0 Å². The van der Waals surface area contributed by atoms with E-state index in [-0.39, 0.29) is 0 Å². The molecule has 6 heteroatoms. The third kappa shape index (κ3) is 5.86. The Morgan fingerprint density at radius 1 is 1.07 bits per heavy atom. The van der Waals surface area contributed by atoms with Crippen molar-refractivity contribution in [1.29, 1.82) is 0 Å². The Hall–Kier alpha value is -3.28. The van der Waals surface area contributed by atoms with Gasteiger partial charge in [-0.2, -0.15) is 5.10 Å². The minimum absolute atomic E-state index is 0.667. The van der Waals surface area contributed by atoms with Crippen molar-refractivity contribution in [2.45, 2.75) is 32.5 Å². The zero-order chi connectivity index (χ0) is 20.6. The molecule has 1 heterocycles. The lowest BCUT2D eigenvalue weighted by Crippen LogP contribution is -2.36. The number of rotatable bonds is 9. The molecule has 3 aromatic rings. The third-order valence-corrected chi connectivity index (χ3v) is 5.17. The Morgan fingerprint density at radius 3 is 2.70 bits per heavy atom. The van der Waals surface area contributed by atoms with E-state index < -0.39 is 0 Å². The van der Waals surface area contributed by atoms with E-state index in [9.17, 15) is 0 Å². The molecule has 1 aliphatic rings. The van der Waals surface area contributed by atoms with Gasteiger partial charge >= 0.3 is 0 Å². The van der Waals surface area contributed by atoms with Crippen LogP contribution >= 0.6 is 0 Å². The fraction of sp³-hybridized carbons (Fsp3) is 0.333. The van der Waals surface area contributed by atoms with Gasteiger partial charge in [0.1, 0.15) is 5.75 Å². The molecule has 4 rings (SSSR count). The Labute approximate surface area is 178 Å². The quantitative estimate of drug-likeness (QED) is 0.423. The predicted octanol–water partition coefficient (Wildman–Crippen LogP) is 3.59. The molecule has 0 bridgehead atoms. The summed E-state index contributed by atoms with van der Waals surface area (Å²) in [6.07, 6.45) is 6.36.